The highest BCUT2D eigenvalue weighted by Gasteiger charge is 2.21. The summed E-state index contributed by atoms with van der Waals surface area (Å²) >= 11 is 0. The SMILES string of the molecule is CN=C(NCc1coc(-c2ccccc2)n1)NC1CCN(CC(=O)NC)CC1.I. The lowest BCUT2D eigenvalue weighted by atomic mass is 10.1. The van der Waals surface area contributed by atoms with Crippen molar-refractivity contribution in [2.45, 2.75) is 25.4 Å². The zero-order valence-corrected chi connectivity index (χ0v) is 19.2. The number of piperidine rings is 1. The van der Waals surface area contributed by atoms with E-state index in [-0.39, 0.29) is 29.9 Å². The van der Waals surface area contributed by atoms with Gasteiger partial charge >= 0.3 is 0 Å². The van der Waals surface area contributed by atoms with Crippen LogP contribution < -0.4 is 16.0 Å². The van der Waals surface area contributed by atoms with Crippen LogP contribution in [0.5, 0.6) is 0 Å². The summed E-state index contributed by atoms with van der Waals surface area (Å²) in [6, 6.07) is 10.2. The quantitative estimate of drug-likeness (QED) is 0.311. The van der Waals surface area contributed by atoms with Gasteiger partial charge in [0.1, 0.15) is 6.26 Å². The summed E-state index contributed by atoms with van der Waals surface area (Å²) in [5.41, 5.74) is 1.78. The summed E-state index contributed by atoms with van der Waals surface area (Å²) in [4.78, 5) is 22.5. The highest BCUT2D eigenvalue weighted by Crippen LogP contribution is 2.17. The van der Waals surface area contributed by atoms with E-state index >= 15 is 0 Å². The molecule has 2 heterocycles. The van der Waals surface area contributed by atoms with E-state index in [1.165, 1.54) is 0 Å². The van der Waals surface area contributed by atoms with Crippen molar-refractivity contribution in [1.82, 2.24) is 25.8 Å². The number of benzene rings is 1. The van der Waals surface area contributed by atoms with Crippen molar-refractivity contribution in [3.63, 3.8) is 0 Å². The lowest BCUT2D eigenvalue weighted by molar-refractivity contribution is -0.122. The zero-order valence-electron chi connectivity index (χ0n) is 16.9. The summed E-state index contributed by atoms with van der Waals surface area (Å²) in [5.74, 6) is 1.42. The van der Waals surface area contributed by atoms with E-state index in [2.05, 4.69) is 30.8 Å². The maximum Gasteiger partial charge on any atom is 0.233 e. The molecule has 3 N–H and O–H groups in total. The molecule has 0 radical (unpaired) electrons. The van der Waals surface area contributed by atoms with Crippen LogP contribution in [0.25, 0.3) is 11.5 Å². The average Bonchev–Trinajstić information content (AvgIpc) is 3.22. The van der Waals surface area contributed by atoms with Gasteiger partial charge < -0.3 is 20.4 Å². The fraction of sp³-hybridized carbons (Fsp3) is 0.450. The monoisotopic (exact) mass is 512 g/mol. The van der Waals surface area contributed by atoms with E-state index in [4.69, 9.17) is 4.42 Å². The first-order valence-corrected chi connectivity index (χ1v) is 9.58. The molecule has 1 amide bonds. The summed E-state index contributed by atoms with van der Waals surface area (Å²) in [6.45, 7) is 2.79. The molecule has 1 fully saturated rings. The number of guanidine groups is 1. The number of rotatable bonds is 6. The molecule has 3 rings (SSSR count). The second-order valence-corrected chi connectivity index (χ2v) is 6.80. The molecule has 1 aliphatic heterocycles. The Morgan fingerprint density at radius 1 is 1.28 bits per heavy atom. The second-order valence-electron chi connectivity index (χ2n) is 6.80. The van der Waals surface area contributed by atoms with E-state index in [0.29, 0.717) is 25.0 Å². The Bertz CT molecular complexity index is 787. The minimum Gasteiger partial charge on any atom is -0.444 e. The van der Waals surface area contributed by atoms with E-state index in [1.807, 2.05) is 30.3 Å². The van der Waals surface area contributed by atoms with Crippen LogP contribution in [0.1, 0.15) is 18.5 Å². The average molecular weight is 512 g/mol. The fourth-order valence-corrected chi connectivity index (χ4v) is 3.18. The van der Waals surface area contributed by atoms with Crippen LogP contribution in [0.2, 0.25) is 0 Å². The van der Waals surface area contributed by atoms with E-state index in [1.54, 1.807) is 20.4 Å². The van der Waals surface area contributed by atoms with Crippen LogP contribution >= 0.6 is 24.0 Å². The summed E-state index contributed by atoms with van der Waals surface area (Å²) in [7, 11) is 3.43. The third-order valence-corrected chi connectivity index (χ3v) is 4.81. The first-order chi connectivity index (χ1) is 13.7. The molecule has 0 aliphatic carbocycles. The van der Waals surface area contributed by atoms with Gasteiger partial charge in [0.2, 0.25) is 11.8 Å². The molecular weight excluding hydrogens is 483 g/mol. The van der Waals surface area contributed by atoms with E-state index < -0.39 is 0 Å². The number of oxazole rings is 1. The van der Waals surface area contributed by atoms with Gasteiger partial charge in [0.05, 0.1) is 18.8 Å². The predicted octanol–water partition coefficient (Wildman–Crippen LogP) is 1.83. The lowest BCUT2D eigenvalue weighted by Crippen LogP contribution is -2.49. The molecule has 1 saturated heterocycles. The van der Waals surface area contributed by atoms with Gasteiger partial charge in [-0.05, 0) is 25.0 Å². The van der Waals surface area contributed by atoms with Crippen LogP contribution in [-0.4, -0.2) is 61.5 Å². The fourth-order valence-electron chi connectivity index (χ4n) is 3.18. The Morgan fingerprint density at radius 3 is 2.66 bits per heavy atom. The van der Waals surface area contributed by atoms with Crippen molar-refractivity contribution in [2.24, 2.45) is 4.99 Å². The molecule has 1 aromatic carbocycles. The van der Waals surface area contributed by atoms with Crippen molar-refractivity contribution in [3.05, 3.63) is 42.3 Å². The van der Waals surface area contributed by atoms with Gasteiger partial charge in [0, 0.05) is 38.8 Å². The Labute approximate surface area is 188 Å². The zero-order chi connectivity index (χ0) is 19.8. The van der Waals surface area contributed by atoms with Crippen molar-refractivity contribution in [2.75, 3.05) is 33.7 Å². The van der Waals surface area contributed by atoms with Crippen molar-refractivity contribution < 1.29 is 9.21 Å². The molecule has 1 aromatic heterocycles. The van der Waals surface area contributed by atoms with Gasteiger partial charge in [-0.2, -0.15) is 0 Å². The van der Waals surface area contributed by atoms with Gasteiger partial charge in [0.25, 0.3) is 0 Å². The highest BCUT2D eigenvalue weighted by atomic mass is 127. The second kappa shape index (κ2) is 11.8. The number of halogens is 1. The number of likely N-dealkylation sites (N-methyl/N-ethyl adjacent to an activating group) is 1. The van der Waals surface area contributed by atoms with Crippen LogP contribution in [-0.2, 0) is 11.3 Å². The molecule has 0 spiro atoms. The third-order valence-electron chi connectivity index (χ3n) is 4.81. The van der Waals surface area contributed by atoms with Crippen molar-refractivity contribution in [1.29, 1.82) is 0 Å². The van der Waals surface area contributed by atoms with Gasteiger partial charge in [-0.1, -0.05) is 18.2 Å². The van der Waals surface area contributed by atoms with Gasteiger partial charge in [0.15, 0.2) is 5.96 Å². The van der Waals surface area contributed by atoms with E-state index in [9.17, 15) is 4.79 Å². The van der Waals surface area contributed by atoms with Crippen LogP contribution in [0.3, 0.4) is 0 Å². The molecule has 9 heteroatoms. The van der Waals surface area contributed by atoms with Crippen LogP contribution in [0.4, 0.5) is 0 Å². The molecule has 29 heavy (non-hydrogen) atoms. The molecular formula is C20H29IN6O2. The molecule has 158 valence electrons. The van der Waals surface area contributed by atoms with Gasteiger partial charge in [-0.15, -0.1) is 24.0 Å². The smallest absolute Gasteiger partial charge is 0.233 e. The molecule has 0 bridgehead atoms. The number of carbonyl (C=O) groups excluding carboxylic acids is 1. The number of hydrogen-bond acceptors (Lipinski definition) is 5. The number of amides is 1. The Kier molecular flexibility index (Phi) is 9.39. The Morgan fingerprint density at radius 2 is 2.00 bits per heavy atom. The molecule has 8 nitrogen and oxygen atoms in total. The third kappa shape index (κ3) is 7.00. The largest absolute Gasteiger partial charge is 0.444 e. The maximum atomic E-state index is 11.5. The minimum absolute atomic E-state index is 0. The highest BCUT2D eigenvalue weighted by molar-refractivity contribution is 14.0. The Balaban J connectivity index is 0.00000300. The number of carbonyl (C=O) groups is 1. The minimum atomic E-state index is 0. The van der Waals surface area contributed by atoms with Gasteiger partial charge in [-0.25, -0.2) is 4.98 Å². The van der Waals surface area contributed by atoms with Crippen LogP contribution in [0.15, 0.2) is 46.0 Å². The molecule has 1 aliphatic rings. The Hall–Kier alpha value is -2.14. The number of aromatic nitrogens is 1. The predicted molar refractivity (Wildman–Crippen MR) is 124 cm³/mol. The van der Waals surface area contributed by atoms with Gasteiger partial charge in [-0.3, -0.25) is 14.7 Å². The molecule has 0 unspecified atom stereocenters. The number of nitrogens with one attached hydrogen (secondary N) is 3. The molecule has 0 saturated carbocycles. The number of nitrogens with zero attached hydrogens (tertiary/aromatic N) is 3. The van der Waals surface area contributed by atoms with Crippen molar-refractivity contribution >= 4 is 35.8 Å². The summed E-state index contributed by atoms with van der Waals surface area (Å²) in [5, 5.41) is 9.41. The summed E-state index contributed by atoms with van der Waals surface area (Å²) in [6.07, 6.45) is 3.61. The number of hydrogen-bond donors (Lipinski definition) is 3. The first-order valence-electron chi connectivity index (χ1n) is 9.58. The van der Waals surface area contributed by atoms with E-state index in [0.717, 1.165) is 43.1 Å². The van der Waals surface area contributed by atoms with Crippen molar-refractivity contribution in [3.8, 4) is 11.5 Å². The normalized spacial score (nSPS) is 15.4. The molecule has 0 atom stereocenters. The first kappa shape index (κ1) is 23.1. The maximum absolute atomic E-state index is 11.5. The number of aliphatic imine (C=N–C) groups is 1. The number of likely N-dealkylation sites (tertiary alicyclic amines) is 1. The standard InChI is InChI=1S/C20H28N6O2.HI/c1-21-18(27)13-26-10-8-16(9-11-26)25-20(22-2)23-12-17-14-28-19(24-17)15-6-4-3-5-7-15;/h3-7,14,16H,8-13H2,1-2H3,(H,21,27)(H2,22,23,25);1H. The lowest BCUT2D eigenvalue weighted by Gasteiger charge is -2.32. The molecule has 2 aromatic rings. The topological polar surface area (TPSA) is 94.8 Å². The summed E-state index contributed by atoms with van der Waals surface area (Å²) < 4.78 is 5.57. The van der Waals surface area contributed by atoms with Crippen LogP contribution in [0, 0.1) is 0 Å².